The van der Waals surface area contributed by atoms with Crippen LogP contribution in [-0.4, -0.2) is 44.5 Å². The third-order valence-corrected chi connectivity index (χ3v) is 3.59. The van der Waals surface area contributed by atoms with E-state index in [9.17, 15) is 10.2 Å². The molecule has 1 aliphatic carbocycles. The quantitative estimate of drug-likeness (QED) is 0.449. The molecule has 1 aliphatic rings. The summed E-state index contributed by atoms with van der Waals surface area (Å²) in [6.07, 6.45) is -0.321. The Labute approximate surface area is 120 Å². The number of rotatable bonds is 3. The molecular weight excluding hydrogens is 284 g/mol. The number of aliphatic hydroxyl groups excluding tert-OH is 2. The van der Waals surface area contributed by atoms with Gasteiger partial charge < -0.3 is 32.3 Å². The number of nitrogens with zero attached hydrogens (tertiary/aromatic N) is 3. The van der Waals surface area contributed by atoms with Crippen LogP contribution in [0.25, 0.3) is 0 Å². The molecule has 8 N–H and O–H groups in total. The van der Waals surface area contributed by atoms with Crippen molar-refractivity contribution in [1.82, 2.24) is 9.97 Å². The molecule has 8 nitrogen and oxygen atoms in total. The average molecular weight is 301 g/mol. The molecule has 4 atom stereocenters. The first-order chi connectivity index (χ1) is 9.36. The molecule has 0 aliphatic heterocycles. The van der Waals surface area contributed by atoms with E-state index in [1.807, 2.05) is 0 Å². The lowest BCUT2D eigenvalue weighted by Crippen LogP contribution is -2.42. The molecule has 1 heterocycles. The lowest BCUT2D eigenvalue weighted by atomic mass is 10.1. The summed E-state index contributed by atoms with van der Waals surface area (Å²) in [6.45, 7) is 3.66. The van der Waals surface area contributed by atoms with Crippen LogP contribution in [0, 0.1) is 0 Å². The van der Waals surface area contributed by atoms with Crippen molar-refractivity contribution in [3.8, 4) is 0 Å². The van der Waals surface area contributed by atoms with Crippen LogP contribution in [0.3, 0.4) is 0 Å². The van der Waals surface area contributed by atoms with E-state index in [1.165, 1.54) is 11.1 Å². The SMILES string of the molecule is C=CN(c1nc(Cl)nc(N)c1N)[C@@H]1CC(N)[C@H](O)C1O. The van der Waals surface area contributed by atoms with Crippen molar-refractivity contribution in [3.63, 3.8) is 0 Å². The van der Waals surface area contributed by atoms with E-state index in [-0.39, 0.29) is 22.6 Å². The number of hydrogen-bond acceptors (Lipinski definition) is 8. The average Bonchev–Trinajstić information content (AvgIpc) is 2.64. The maximum Gasteiger partial charge on any atom is 0.226 e. The third kappa shape index (κ3) is 2.38. The molecule has 0 spiro atoms. The molecule has 0 saturated heterocycles. The van der Waals surface area contributed by atoms with Gasteiger partial charge >= 0.3 is 0 Å². The maximum absolute atomic E-state index is 10.1. The van der Waals surface area contributed by atoms with Gasteiger partial charge in [-0.25, -0.2) is 0 Å². The van der Waals surface area contributed by atoms with Crippen LogP contribution >= 0.6 is 11.6 Å². The van der Waals surface area contributed by atoms with Gasteiger partial charge in [-0.2, -0.15) is 9.97 Å². The van der Waals surface area contributed by atoms with E-state index < -0.39 is 24.3 Å². The zero-order valence-electron chi connectivity index (χ0n) is 10.6. The molecule has 0 bridgehead atoms. The molecule has 1 aromatic rings. The second kappa shape index (κ2) is 5.41. The van der Waals surface area contributed by atoms with Crippen molar-refractivity contribution in [1.29, 1.82) is 0 Å². The summed E-state index contributed by atoms with van der Waals surface area (Å²) in [5.41, 5.74) is 17.3. The minimum Gasteiger partial charge on any atom is -0.393 e. The summed E-state index contributed by atoms with van der Waals surface area (Å²) >= 11 is 5.77. The van der Waals surface area contributed by atoms with Gasteiger partial charge in [-0.1, -0.05) is 6.58 Å². The second-order valence-corrected chi connectivity index (χ2v) is 4.99. The molecule has 9 heteroatoms. The number of nitrogen functional groups attached to an aromatic ring is 2. The first kappa shape index (κ1) is 14.8. The predicted molar refractivity (Wildman–Crippen MR) is 76.9 cm³/mol. The van der Waals surface area contributed by atoms with Gasteiger partial charge in [-0.05, 0) is 24.2 Å². The Morgan fingerprint density at radius 3 is 2.45 bits per heavy atom. The van der Waals surface area contributed by atoms with Crippen LogP contribution in [0.4, 0.5) is 17.3 Å². The van der Waals surface area contributed by atoms with E-state index in [2.05, 4.69) is 16.5 Å². The van der Waals surface area contributed by atoms with Gasteiger partial charge in [0, 0.05) is 6.04 Å². The molecular formula is C11H17ClN6O2. The number of nitrogens with two attached hydrogens (primary N) is 3. The van der Waals surface area contributed by atoms with Gasteiger partial charge in [0.05, 0.1) is 12.1 Å². The zero-order valence-corrected chi connectivity index (χ0v) is 11.4. The summed E-state index contributed by atoms with van der Waals surface area (Å²) in [5.74, 6) is 0.257. The highest BCUT2D eigenvalue weighted by Gasteiger charge is 2.43. The first-order valence-corrected chi connectivity index (χ1v) is 6.35. The topological polar surface area (TPSA) is 148 Å². The first-order valence-electron chi connectivity index (χ1n) is 5.98. The monoisotopic (exact) mass is 300 g/mol. The fourth-order valence-electron chi connectivity index (χ4n) is 2.34. The van der Waals surface area contributed by atoms with E-state index in [0.29, 0.717) is 6.42 Å². The Bertz CT molecular complexity index is 528. The standard InChI is InChI=1S/C11H17ClN6O2/c1-2-18(5-3-4(13)7(19)8(5)20)10-6(14)9(15)16-11(12)17-10/h2,4-5,7-8,19-20H,1,3,13-14H2,(H2,15,16,17)/t4?,5-,7+,8?/m1/s1. The highest BCUT2D eigenvalue weighted by atomic mass is 35.5. The van der Waals surface area contributed by atoms with E-state index in [4.69, 9.17) is 28.8 Å². The van der Waals surface area contributed by atoms with Crippen LogP contribution in [0.1, 0.15) is 6.42 Å². The van der Waals surface area contributed by atoms with Crippen molar-refractivity contribution in [3.05, 3.63) is 18.1 Å². The number of aromatic nitrogens is 2. The second-order valence-electron chi connectivity index (χ2n) is 4.65. The number of hydrogen-bond donors (Lipinski definition) is 5. The minimum absolute atomic E-state index is 0.0317. The molecule has 20 heavy (non-hydrogen) atoms. The minimum atomic E-state index is -1.06. The third-order valence-electron chi connectivity index (χ3n) is 3.42. The number of aliphatic hydroxyl groups is 2. The summed E-state index contributed by atoms with van der Waals surface area (Å²) in [6, 6.07) is -1.07. The van der Waals surface area contributed by atoms with Gasteiger partial charge in [0.2, 0.25) is 5.28 Å². The molecule has 2 unspecified atom stereocenters. The lowest BCUT2D eigenvalue weighted by molar-refractivity contribution is 0.0295. The smallest absolute Gasteiger partial charge is 0.226 e. The Kier molecular flexibility index (Phi) is 4.00. The van der Waals surface area contributed by atoms with E-state index in [0.717, 1.165) is 0 Å². The molecule has 2 rings (SSSR count). The van der Waals surface area contributed by atoms with Gasteiger partial charge in [-0.3, -0.25) is 0 Å². The largest absolute Gasteiger partial charge is 0.393 e. The normalized spacial score (nSPS) is 29.4. The van der Waals surface area contributed by atoms with Crippen LogP contribution in [-0.2, 0) is 0 Å². The molecule has 1 aromatic heterocycles. The molecule has 0 amide bonds. The highest BCUT2D eigenvalue weighted by Crippen LogP contribution is 2.33. The Hall–Kier alpha value is -1.61. The Morgan fingerprint density at radius 2 is 1.95 bits per heavy atom. The fourth-order valence-corrected chi connectivity index (χ4v) is 2.51. The molecule has 110 valence electrons. The van der Waals surface area contributed by atoms with E-state index >= 15 is 0 Å². The highest BCUT2D eigenvalue weighted by molar-refractivity contribution is 6.28. The summed E-state index contributed by atoms with van der Waals surface area (Å²) in [5, 5.41) is 19.7. The molecule has 1 saturated carbocycles. The summed E-state index contributed by atoms with van der Waals surface area (Å²) < 4.78 is 0. The lowest BCUT2D eigenvalue weighted by Gasteiger charge is -2.30. The number of anilines is 3. The van der Waals surface area contributed by atoms with Crippen molar-refractivity contribution in [2.24, 2.45) is 5.73 Å². The fraction of sp³-hybridized carbons (Fsp3) is 0.455. The van der Waals surface area contributed by atoms with Crippen molar-refractivity contribution < 1.29 is 10.2 Å². The van der Waals surface area contributed by atoms with Gasteiger partial charge in [-0.15, -0.1) is 0 Å². The van der Waals surface area contributed by atoms with Gasteiger partial charge in [0.15, 0.2) is 11.6 Å². The van der Waals surface area contributed by atoms with Crippen LogP contribution in [0.5, 0.6) is 0 Å². The van der Waals surface area contributed by atoms with Gasteiger partial charge in [0.25, 0.3) is 0 Å². The zero-order chi connectivity index (χ0) is 15.0. The Morgan fingerprint density at radius 1 is 1.30 bits per heavy atom. The van der Waals surface area contributed by atoms with Crippen LogP contribution in [0.15, 0.2) is 12.8 Å². The molecule has 0 radical (unpaired) electrons. The Balaban J connectivity index is 2.41. The predicted octanol–water partition coefficient (Wildman–Crippen LogP) is -0.934. The van der Waals surface area contributed by atoms with Crippen LogP contribution < -0.4 is 22.1 Å². The van der Waals surface area contributed by atoms with E-state index in [1.54, 1.807) is 0 Å². The van der Waals surface area contributed by atoms with Crippen LogP contribution in [0.2, 0.25) is 5.28 Å². The molecule has 1 fully saturated rings. The van der Waals surface area contributed by atoms with Crippen molar-refractivity contribution in [2.45, 2.75) is 30.7 Å². The van der Waals surface area contributed by atoms with Crippen molar-refractivity contribution >= 4 is 28.9 Å². The maximum atomic E-state index is 10.1. The number of halogens is 1. The van der Waals surface area contributed by atoms with Gasteiger partial charge in [0.1, 0.15) is 11.8 Å². The van der Waals surface area contributed by atoms with Crippen molar-refractivity contribution in [2.75, 3.05) is 16.4 Å². The summed E-state index contributed by atoms with van der Waals surface area (Å²) in [7, 11) is 0. The summed E-state index contributed by atoms with van der Waals surface area (Å²) in [4.78, 5) is 9.24. The molecule has 0 aromatic carbocycles.